The number of nitrogens with one attached hydrogen (secondary N) is 2. The number of rotatable bonds is 4. The van der Waals surface area contributed by atoms with Crippen LogP contribution >= 0.6 is 11.6 Å². The minimum absolute atomic E-state index is 0.0156. The molecule has 27 heavy (non-hydrogen) atoms. The molecule has 2 N–H and O–H groups in total. The summed E-state index contributed by atoms with van der Waals surface area (Å²) in [4.78, 5) is 38.8. The summed E-state index contributed by atoms with van der Waals surface area (Å²) in [5, 5.41) is 5.17. The molecule has 4 amide bonds. The van der Waals surface area contributed by atoms with Gasteiger partial charge in [-0.25, -0.2) is 14.1 Å². The summed E-state index contributed by atoms with van der Waals surface area (Å²) in [6, 6.07) is 10.5. The first-order valence-electron chi connectivity index (χ1n) is 8.21. The summed E-state index contributed by atoms with van der Waals surface area (Å²) in [6.07, 6.45) is 0. The van der Waals surface area contributed by atoms with Gasteiger partial charge in [-0.05, 0) is 37.6 Å². The van der Waals surface area contributed by atoms with Crippen LogP contribution in [0.25, 0.3) is 0 Å². The van der Waals surface area contributed by atoms with Gasteiger partial charge in [0.1, 0.15) is 17.4 Å². The maximum absolute atomic E-state index is 13.1. The molecule has 0 saturated carbocycles. The van der Waals surface area contributed by atoms with Crippen molar-refractivity contribution in [2.45, 2.75) is 25.4 Å². The largest absolute Gasteiger partial charge is 0.326 e. The molecule has 0 unspecified atom stereocenters. The highest BCUT2D eigenvalue weighted by atomic mass is 35.5. The van der Waals surface area contributed by atoms with Crippen LogP contribution in [0.1, 0.15) is 19.4 Å². The van der Waals surface area contributed by atoms with Gasteiger partial charge in [0, 0.05) is 0 Å². The van der Waals surface area contributed by atoms with Crippen LogP contribution in [-0.4, -0.2) is 28.8 Å². The van der Waals surface area contributed by atoms with E-state index in [9.17, 15) is 18.8 Å². The quantitative estimate of drug-likeness (QED) is 0.788. The van der Waals surface area contributed by atoms with Crippen LogP contribution in [0.3, 0.4) is 0 Å². The van der Waals surface area contributed by atoms with Crippen molar-refractivity contribution < 1.29 is 18.8 Å². The Bertz CT molecular complexity index is 922. The summed E-state index contributed by atoms with van der Waals surface area (Å²) in [6.45, 7) is 3.02. The van der Waals surface area contributed by atoms with Crippen LogP contribution in [0.2, 0.25) is 5.02 Å². The molecule has 1 aliphatic rings. The number of benzene rings is 2. The Morgan fingerprint density at radius 3 is 2.52 bits per heavy atom. The zero-order chi connectivity index (χ0) is 19.8. The normalized spacial score (nSPS) is 20.4. The topological polar surface area (TPSA) is 78.5 Å². The van der Waals surface area contributed by atoms with E-state index in [0.29, 0.717) is 5.56 Å². The molecule has 0 aliphatic carbocycles. The third-order valence-corrected chi connectivity index (χ3v) is 4.84. The molecule has 1 heterocycles. The third kappa shape index (κ3) is 3.38. The fourth-order valence-corrected chi connectivity index (χ4v) is 3.14. The molecule has 3 rings (SSSR count). The number of urea groups is 1. The zero-order valence-corrected chi connectivity index (χ0v) is 15.4. The number of imide groups is 1. The molecule has 1 saturated heterocycles. The van der Waals surface area contributed by atoms with Crippen molar-refractivity contribution in [1.29, 1.82) is 0 Å². The molecular weight excluding hydrogens is 373 g/mol. The van der Waals surface area contributed by atoms with Gasteiger partial charge in [0.15, 0.2) is 0 Å². The van der Waals surface area contributed by atoms with Gasteiger partial charge in [0.2, 0.25) is 5.91 Å². The van der Waals surface area contributed by atoms with E-state index in [-0.39, 0.29) is 10.7 Å². The fraction of sp³-hybridized carbons (Fsp3) is 0.211. The Morgan fingerprint density at radius 2 is 1.89 bits per heavy atom. The summed E-state index contributed by atoms with van der Waals surface area (Å²) in [7, 11) is 0. The monoisotopic (exact) mass is 389 g/mol. The molecule has 2 aromatic carbocycles. The van der Waals surface area contributed by atoms with Crippen molar-refractivity contribution in [3.8, 4) is 0 Å². The molecule has 0 spiro atoms. The Morgan fingerprint density at radius 1 is 1.22 bits per heavy atom. The van der Waals surface area contributed by atoms with Gasteiger partial charge in [-0.1, -0.05) is 41.9 Å². The SMILES string of the molecule is C[C@@H](C(=O)Nc1ccc(F)cc1Cl)N1C(=O)N[C@](C)(c2ccccc2)C1=O. The lowest BCUT2D eigenvalue weighted by Crippen LogP contribution is -2.47. The van der Waals surface area contributed by atoms with E-state index in [4.69, 9.17) is 11.6 Å². The highest BCUT2D eigenvalue weighted by molar-refractivity contribution is 6.33. The van der Waals surface area contributed by atoms with Gasteiger partial charge in [0.05, 0.1) is 10.7 Å². The molecule has 1 aliphatic heterocycles. The van der Waals surface area contributed by atoms with Gasteiger partial charge in [-0.2, -0.15) is 0 Å². The lowest BCUT2D eigenvalue weighted by molar-refractivity contribution is -0.136. The molecule has 1 fully saturated rings. The predicted molar refractivity (Wildman–Crippen MR) is 98.7 cm³/mol. The predicted octanol–water partition coefficient (Wildman–Crippen LogP) is 3.27. The van der Waals surface area contributed by atoms with Crippen molar-refractivity contribution >= 4 is 35.1 Å². The summed E-state index contributed by atoms with van der Waals surface area (Å²) < 4.78 is 13.1. The van der Waals surface area contributed by atoms with Crippen molar-refractivity contribution in [1.82, 2.24) is 10.2 Å². The van der Waals surface area contributed by atoms with Crippen LogP contribution in [0.4, 0.5) is 14.9 Å². The fourth-order valence-electron chi connectivity index (χ4n) is 2.92. The molecule has 8 heteroatoms. The van der Waals surface area contributed by atoms with Crippen LogP contribution in [0.5, 0.6) is 0 Å². The molecule has 2 aromatic rings. The molecular formula is C19H17ClFN3O3. The third-order valence-electron chi connectivity index (χ3n) is 4.53. The number of amides is 4. The maximum atomic E-state index is 13.1. The van der Waals surface area contributed by atoms with Gasteiger partial charge < -0.3 is 10.6 Å². The molecule has 140 valence electrons. The van der Waals surface area contributed by atoms with Crippen molar-refractivity contribution in [3.63, 3.8) is 0 Å². The minimum Gasteiger partial charge on any atom is -0.323 e. The van der Waals surface area contributed by atoms with Gasteiger partial charge in [-0.15, -0.1) is 0 Å². The Labute approximate surface area is 160 Å². The van der Waals surface area contributed by atoms with E-state index in [1.807, 2.05) is 0 Å². The van der Waals surface area contributed by atoms with E-state index in [1.165, 1.54) is 13.0 Å². The number of carbonyl (C=O) groups is 3. The second kappa shape index (κ2) is 7.00. The lowest BCUT2D eigenvalue weighted by Gasteiger charge is -2.24. The smallest absolute Gasteiger partial charge is 0.323 e. The molecule has 0 aromatic heterocycles. The first-order valence-corrected chi connectivity index (χ1v) is 8.59. The molecule has 0 radical (unpaired) electrons. The van der Waals surface area contributed by atoms with Gasteiger partial charge in [0.25, 0.3) is 5.91 Å². The van der Waals surface area contributed by atoms with Crippen LogP contribution in [0, 0.1) is 5.82 Å². The van der Waals surface area contributed by atoms with Crippen molar-refractivity contribution in [3.05, 3.63) is 64.9 Å². The van der Waals surface area contributed by atoms with Crippen LogP contribution < -0.4 is 10.6 Å². The molecule has 2 atom stereocenters. The standard InChI is InChI=1S/C19H17ClFN3O3/c1-11(16(25)22-15-9-8-13(21)10-14(15)20)24-17(26)19(2,23-18(24)27)12-6-4-3-5-7-12/h3-11H,1-2H3,(H,22,25)(H,23,27)/t11-,19+/m0/s1. The number of nitrogens with zero attached hydrogens (tertiary/aromatic N) is 1. The lowest BCUT2D eigenvalue weighted by atomic mass is 9.92. The minimum atomic E-state index is -1.26. The molecule has 0 bridgehead atoms. The van der Waals surface area contributed by atoms with Gasteiger partial charge in [-0.3, -0.25) is 9.59 Å². The van der Waals surface area contributed by atoms with Crippen molar-refractivity contribution in [2.24, 2.45) is 0 Å². The Kier molecular flexibility index (Phi) is 4.89. The van der Waals surface area contributed by atoms with E-state index in [0.717, 1.165) is 17.0 Å². The highest BCUT2D eigenvalue weighted by Gasteiger charge is 2.51. The highest BCUT2D eigenvalue weighted by Crippen LogP contribution is 2.30. The zero-order valence-electron chi connectivity index (χ0n) is 14.6. The number of halogens is 2. The summed E-state index contributed by atoms with van der Waals surface area (Å²) in [5.41, 5.74) is -0.465. The molecule has 6 nitrogen and oxygen atoms in total. The van der Waals surface area contributed by atoms with Gasteiger partial charge >= 0.3 is 6.03 Å². The first kappa shape index (κ1) is 18.8. The van der Waals surface area contributed by atoms with Crippen LogP contribution in [0.15, 0.2) is 48.5 Å². The summed E-state index contributed by atoms with van der Waals surface area (Å²) in [5.74, 6) is -1.70. The number of hydrogen-bond acceptors (Lipinski definition) is 3. The van der Waals surface area contributed by atoms with E-state index in [2.05, 4.69) is 10.6 Å². The Balaban J connectivity index is 1.82. The second-order valence-electron chi connectivity index (χ2n) is 6.39. The van der Waals surface area contributed by atoms with E-state index in [1.54, 1.807) is 37.3 Å². The number of anilines is 1. The van der Waals surface area contributed by atoms with Crippen LogP contribution in [-0.2, 0) is 15.1 Å². The maximum Gasteiger partial charge on any atom is 0.326 e. The summed E-state index contributed by atoms with van der Waals surface area (Å²) >= 11 is 5.91. The van der Waals surface area contributed by atoms with E-state index >= 15 is 0 Å². The second-order valence-corrected chi connectivity index (χ2v) is 6.79. The average Bonchev–Trinajstić information content (AvgIpc) is 2.87. The average molecular weight is 390 g/mol. The van der Waals surface area contributed by atoms with Crippen molar-refractivity contribution in [2.75, 3.05) is 5.32 Å². The van der Waals surface area contributed by atoms with E-state index < -0.39 is 35.2 Å². The number of hydrogen-bond donors (Lipinski definition) is 2. The Hall–Kier alpha value is -2.93. The number of carbonyl (C=O) groups excluding carboxylic acids is 3. The first-order chi connectivity index (χ1) is 12.7.